The molecule has 1 aliphatic carbocycles. The number of methoxy groups -OCH3 is 1. The summed E-state index contributed by atoms with van der Waals surface area (Å²) in [5.41, 5.74) is 5.86. The Balaban J connectivity index is 2.00. The van der Waals surface area contributed by atoms with E-state index in [2.05, 4.69) is 38.4 Å². The zero-order valence-electron chi connectivity index (χ0n) is 11.7. The fraction of sp³-hybridized carbons (Fsp3) is 0.600. The van der Waals surface area contributed by atoms with Crippen LogP contribution in [0.4, 0.5) is 0 Å². The summed E-state index contributed by atoms with van der Waals surface area (Å²) < 4.78 is 5.28. The predicted octanol–water partition coefficient (Wildman–Crippen LogP) is 2.87. The van der Waals surface area contributed by atoms with Crippen LogP contribution >= 0.6 is 0 Å². The van der Waals surface area contributed by atoms with Crippen molar-refractivity contribution in [2.75, 3.05) is 7.11 Å². The summed E-state index contributed by atoms with van der Waals surface area (Å²) in [4.78, 5) is 5.66. The Labute approximate surface area is 109 Å². The molecule has 1 aromatic rings. The van der Waals surface area contributed by atoms with Crippen LogP contribution in [0.2, 0.25) is 0 Å². The molecule has 0 saturated heterocycles. The van der Waals surface area contributed by atoms with Gasteiger partial charge in [0.2, 0.25) is 0 Å². The van der Waals surface area contributed by atoms with Gasteiger partial charge in [-0.2, -0.15) is 5.48 Å². The van der Waals surface area contributed by atoms with E-state index in [0.717, 1.165) is 25.0 Å². The normalized spacial score (nSPS) is 19.4. The van der Waals surface area contributed by atoms with Crippen molar-refractivity contribution in [1.82, 2.24) is 5.48 Å². The topological polar surface area (TPSA) is 30.5 Å². The van der Waals surface area contributed by atoms with E-state index in [1.807, 2.05) is 6.07 Å². The van der Waals surface area contributed by atoms with Crippen LogP contribution in [0.1, 0.15) is 38.3 Å². The third-order valence-electron chi connectivity index (χ3n) is 3.17. The fourth-order valence-corrected chi connectivity index (χ4v) is 2.22. The van der Waals surface area contributed by atoms with E-state index in [0.29, 0.717) is 6.04 Å². The first-order valence-electron chi connectivity index (χ1n) is 6.57. The summed E-state index contributed by atoms with van der Waals surface area (Å²) in [5.74, 6) is 0.936. The zero-order chi connectivity index (χ0) is 13.2. The molecule has 0 spiro atoms. The van der Waals surface area contributed by atoms with Crippen LogP contribution in [0.25, 0.3) is 0 Å². The molecule has 100 valence electrons. The molecule has 1 atom stereocenters. The smallest absolute Gasteiger partial charge is 0.119 e. The molecule has 0 aromatic heterocycles. The van der Waals surface area contributed by atoms with Crippen molar-refractivity contribution in [3.63, 3.8) is 0 Å². The van der Waals surface area contributed by atoms with E-state index in [9.17, 15) is 0 Å². The SMILES string of the molecule is COc1ccc2c(c1)CC(NOC(C)(C)C)CC2. The average Bonchev–Trinajstić information content (AvgIpc) is 2.34. The molecule has 3 nitrogen and oxygen atoms in total. The highest BCUT2D eigenvalue weighted by Gasteiger charge is 2.21. The Morgan fingerprint density at radius 2 is 2.00 bits per heavy atom. The van der Waals surface area contributed by atoms with Crippen LogP contribution in [-0.2, 0) is 17.7 Å². The van der Waals surface area contributed by atoms with Crippen molar-refractivity contribution < 1.29 is 9.57 Å². The van der Waals surface area contributed by atoms with Crippen molar-refractivity contribution in [2.24, 2.45) is 0 Å². The van der Waals surface area contributed by atoms with Crippen molar-refractivity contribution in [3.05, 3.63) is 29.3 Å². The second-order valence-corrected chi connectivity index (χ2v) is 5.91. The first kappa shape index (κ1) is 13.4. The average molecular weight is 249 g/mol. The van der Waals surface area contributed by atoms with Crippen LogP contribution in [-0.4, -0.2) is 18.8 Å². The number of fused-ring (bicyclic) bond motifs is 1. The number of benzene rings is 1. The lowest BCUT2D eigenvalue weighted by atomic mass is 9.88. The molecule has 0 fully saturated rings. The highest BCUT2D eigenvalue weighted by atomic mass is 16.7. The van der Waals surface area contributed by atoms with E-state index < -0.39 is 0 Å². The summed E-state index contributed by atoms with van der Waals surface area (Å²) in [6.45, 7) is 6.17. The molecular weight excluding hydrogens is 226 g/mol. The van der Waals surface area contributed by atoms with E-state index in [4.69, 9.17) is 9.57 Å². The summed E-state index contributed by atoms with van der Waals surface area (Å²) in [5, 5.41) is 0. The molecule has 0 bridgehead atoms. The number of ether oxygens (including phenoxy) is 1. The number of rotatable bonds is 3. The molecule has 2 rings (SSSR count). The lowest BCUT2D eigenvalue weighted by molar-refractivity contribution is -0.0898. The van der Waals surface area contributed by atoms with E-state index in [1.165, 1.54) is 11.1 Å². The van der Waals surface area contributed by atoms with Crippen LogP contribution in [0.15, 0.2) is 18.2 Å². The predicted molar refractivity (Wildman–Crippen MR) is 72.8 cm³/mol. The Bertz CT molecular complexity index is 409. The maximum absolute atomic E-state index is 5.66. The van der Waals surface area contributed by atoms with Gasteiger partial charge in [0.05, 0.1) is 12.7 Å². The maximum atomic E-state index is 5.66. The number of nitrogens with one attached hydrogen (secondary N) is 1. The quantitative estimate of drug-likeness (QED) is 0.836. The van der Waals surface area contributed by atoms with Crippen LogP contribution in [0.3, 0.4) is 0 Å². The van der Waals surface area contributed by atoms with Gasteiger partial charge in [0.25, 0.3) is 0 Å². The van der Waals surface area contributed by atoms with Gasteiger partial charge in [-0.3, -0.25) is 4.84 Å². The summed E-state index contributed by atoms with van der Waals surface area (Å²) in [6.07, 6.45) is 3.22. The zero-order valence-corrected chi connectivity index (χ0v) is 11.7. The largest absolute Gasteiger partial charge is 0.497 e. The highest BCUT2D eigenvalue weighted by Crippen LogP contribution is 2.25. The van der Waals surface area contributed by atoms with Crippen LogP contribution in [0, 0.1) is 0 Å². The van der Waals surface area contributed by atoms with Gasteiger partial charge in [-0.1, -0.05) is 6.07 Å². The third kappa shape index (κ3) is 3.47. The van der Waals surface area contributed by atoms with Crippen LogP contribution in [0.5, 0.6) is 5.75 Å². The van der Waals surface area contributed by atoms with Crippen molar-refractivity contribution in [3.8, 4) is 5.75 Å². The fourth-order valence-electron chi connectivity index (χ4n) is 2.22. The molecule has 3 heteroatoms. The van der Waals surface area contributed by atoms with Gasteiger partial charge in [0.1, 0.15) is 5.75 Å². The van der Waals surface area contributed by atoms with Crippen LogP contribution < -0.4 is 10.2 Å². The van der Waals surface area contributed by atoms with Gasteiger partial charge in [-0.05, 0) is 63.3 Å². The molecular formula is C15H23NO2. The number of hydroxylamine groups is 1. The molecule has 0 amide bonds. The van der Waals surface area contributed by atoms with Crippen molar-refractivity contribution in [2.45, 2.75) is 51.7 Å². The summed E-state index contributed by atoms with van der Waals surface area (Å²) >= 11 is 0. The lowest BCUT2D eigenvalue weighted by Crippen LogP contribution is -2.39. The minimum atomic E-state index is -0.144. The molecule has 1 unspecified atom stereocenters. The van der Waals surface area contributed by atoms with Gasteiger partial charge >= 0.3 is 0 Å². The minimum absolute atomic E-state index is 0.144. The lowest BCUT2D eigenvalue weighted by Gasteiger charge is -2.29. The number of aryl methyl sites for hydroxylation is 1. The second-order valence-electron chi connectivity index (χ2n) is 5.91. The van der Waals surface area contributed by atoms with E-state index >= 15 is 0 Å². The van der Waals surface area contributed by atoms with E-state index in [1.54, 1.807) is 7.11 Å². The first-order chi connectivity index (χ1) is 8.48. The van der Waals surface area contributed by atoms with Gasteiger partial charge in [-0.15, -0.1) is 0 Å². The third-order valence-corrected chi connectivity index (χ3v) is 3.17. The standard InChI is InChI=1S/C15H23NO2/c1-15(2,3)18-16-13-7-5-11-6-8-14(17-4)10-12(11)9-13/h6,8,10,13,16H,5,7,9H2,1-4H3. The molecule has 1 N–H and O–H groups in total. The molecule has 0 heterocycles. The number of hydrogen-bond acceptors (Lipinski definition) is 3. The summed E-state index contributed by atoms with van der Waals surface area (Å²) in [6, 6.07) is 6.75. The Kier molecular flexibility index (Phi) is 3.93. The monoisotopic (exact) mass is 249 g/mol. The molecule has 1 aliphatic rings. The van der Waals surface area contributed by atoms with Crippen molar-refractivity contribution in [1.29, 1.82) is 0 Å². The Morgan fingerprint density at radius 1 is 1.22 bits per heavy atom. The Hall–Kier alpha value is -1.06. The van der Waals surface area contributed by atoms with E-state index in [-0.39, 0.29) is 5.60 Å². The molecule has 0 aliphatic heterocycles. The van der Waals surface area contributed by atoms with Gasteiger partial charge in [0, 0.05) is 6.04 Å². The Morgan fingerprint density at radius 3 is 2.67 bits per heavy atom. The minimum Gasteiger partial charge on any atom is -0.497 e. The maximum Gasteiger partial charge on any atom is 0.119 e. The molecule has 0 saturated carbocycles. The first-order valence-corrected chi connectivity index (χ1v) is 6.57. The molecule has 0 radical (unpaired) electrons. The number of hydrogen-bond donors (Lipinski definition) is 1. The van der Waals surface area contributed by atoms with Gasteiger partial charge < -0.3 is 4.74 Å². The molecule has 1 aromatic carbocycles. The summed E-state index contributed by atoms with van der Waals surface area (Å²) in [7, 11) is 1.71. The molecule has 18 heavy (non-hydrogen) atoms. The second kappa shape index (κ2) is 5.29. The van der Waals surface area contributed by atoms with Gasteiger partial charge in [-0.25, -0.2) is 0 Å². The van der Waals surface area contributed by atoms with Gasteiger partial charge in [0.15, 0.2) is 0 Å². The van der Waals surface area contributed by atoms with Crippen molar-refractivity contribution >= 4 is 0 Å². The highest BCUT2D eigenvalue weighted by molar-refractivity contribution is 5.37.